The van der Waals surface area contributed by atoms with Crippen molar-refractivity contribution in [1.82, 2.24) is 4.90 Å². The van der Waals surface area contributed by atoms with Crippen molar-refractivity contribution in [3.05, 3.63) is 12.7 Å². The summed E-state index contributed by atoms with van der Waals surface area (Å²) < 4.78 is 6.47. The lowest BCUT2D eigenvalue weighted by molar-refractivity contribution is -0.157. The number of carboxylic acids is 1. The molecule has 1 aliphatic heterocycles. The fourth-order valence-electron chi connectivity index (χ4n) is 4.52. The van der Waals surface area contributed by atoms with Crippen LogP contribution in [0.3, 0.4) is 0 Å². The van der Waals surface area contributed by atoms with Crippen LogP contribution in [0.1, 0.15) is 54.9 Å². The van der Waals surface area contributed by atoms with Gasteiger partial charge in [0.15, 0.2) is 8.32 Å². The number of hydrogen-bond donors (Lipinski definition) is 2. The van der Waals surface area contributed by atoms with Gasteiger partial charge in [-0.25, -0.2) is 9.59 Å². The number of rotatable bonds is 6. The molecule has 1 rings (SSSR count). The first-order valence-electron chi connectivity index (χ1n) is 9.96. The maximum Gasteiger partial charge on any atom is 0.408 e. The van der Waals surface area contributed by atoms with Crippen LogP contribution >= 0.6 is 0 Å². The van der Waals surface area contributed by atoms with E-state index in [9.17, 15) is 19.8 Å². The highest BCUT2D eigenvalue weighted by molar-refractivity contribution is 6.74. The molecule has 1 fully saturated rings. The summed E-state index contributed by atoms with van der Waals surface area (Å²) in [5.41, 5.74) is -1.99. The predicted octanol–water partition coefficient (Wildman–Crippen LogP) is 5.07. The molecule has 0 saturated carbocycles. The van der Waals surface area contributed by atoms with Crippen LogP contribution in [0.25, 0.3) is 0 Å². The number of allylic oxidation sites excluding steroid dienone is 1. The van der Waals surface area contributed by atoms with E-state index in [2.05, 4.69) is 40.4 Å². The number of nitrogens with zero attached hydrogens (tertiary/aromatic N) is 1. The fraction of sp³-hybridized carbons (Fsp3) is 0.810. The second-order valence-electron chi connectivity index (χ2n) is 10.8. The van der Waals surface area contributed by atoms with E-state index in [1.54, 1.807) is 6.08 Å². The van der Waals surface area contributed by atoms with Crippen molar-refractivity contribution >= 4 is 20.4 Å². The van der Waals surface area contributed by atoms with Gasteiger partial charge in [0, 0.05) is 12.3 Å². The minimum absolute atomic E-state index is 0.0483. The van der Waals surface area contributed by atoms with E-state index in [4.69, 9.17) is 4.43 Å². The summed E-state index contributed by atoms with van der Waals surface area (Å²) in [4.78, 5) is 26.0. The third-order valence-corrected chi connectivity index (χ3v) is 11.2. The van der Waals surface area contributed by atoms with Gasteiger partial charge in [-0.1, -0.05) is 54.5 Å². The fourth-order valence-corrected chi connectivity index (χ4v) is 5.86. The van der Waals surface area contributed by atoms with Crippen LogP contribution < -0.4 is 0 Å². The molecule has 0 aromatic heterocycles. The lowest BCUT2D eigenvalue weighted by Crippen LogP contribution is -2.62. The lowest BCUT2D eigenvalue weighted by Gasteiger charge is -2.48. The molecule has 1 amide bonds. The summed E-state index contributed by atoms with van der Waals surface area (Å²) in [7, 11) is -2.18. The standard InChI is InChI=1S/C21H39NO5Si/c1-11-14(2)16(19(3,4)5)21(17(23)24)12-15(13-22(21)18(25)26)27-28(9,10)20(6,7)8/h11,14-16H,1,12-13H2,2-10H3,(H,23,24)(H,25,26). The summed E-state index contributed by atoms with van der Waals surface area (Å²) in [5.74, 6) is -1.73. The van der Waals surface area contributed by atoms with Gasteiger partial charge in [-0.15, -0.1) is 6.58 Å². The molecule has 0 spiro atoms. The summed E-state index contributed by atoms with van der Waals surface area (Å²) in [6.45, 7) is 22.3. The van der Waals surface area contributed by atoms with E-state index in [1.165, 1.54) is 0 Å². The quantitative estimate of drug-likeness (QED) is 0.469. The largest absolute Gasteiger partial charge is 0.479 e. The van der Waals surface area contributed by atoms with E-state index in [1.807, 2.05) is 27.7 Å². The van der Waals surface area contributed by atoms with Gasteiger partial charge in [-0.3, -0.25) is 4.90 Å². The molecule has 0 aromatic rings. The lowest BCUT2D eigenvalue weighted by atomic mass is 9.62. The summed E-state index contributed by atoms with van der Waals surface area (Å²) in [6, 6.07) is 0. The highest BCUT2D eigenvalue weighted by atomic mass is 28.4. The molecule has 0 radical (unpaired) electrons. The predicted molar refractivity (Wildman–Crippen MR) is 114 cm³/mol. The zero-order valence-electron chi connectivity index (χ0n) is 19.0. The molecule has 162 valence electrons. The maximum absolute atomic E-state index is 12.7. The van der Waals surface area contributed by atoms with Gasteiger partial charge in [0.05, 0.1) is 12.6 Å². The van der Waals surface area contributed by atoms with Crippen LogP contribution in [0.5, 0.6) is 0 Å². The minimum atomic E-state index is -2.18. The van der Waals surface area contributed by atoms with Gasteiger partial charge in [-0.2, -0.15) is 0 Å². The first-order valence-corrected chi connectivity index (χ1v) is 12.9. The van der Waals surface area contributed by atoms with Crippen molar-refractivity contribution in [1.29, 1.82) is 0 Å². The molecule has 0 aromatic carbocycles. The Bertz CT molecular complexity index is 619. The van der Waals surface area contributed by atoms with Gasteiger partial charge in [0.25, 0.3) is 0 Å². The zero-order valence-corrected chi connectivity index (χ0v) is 20.0. The molecule has 28 heavy (non-hydrogen) atoms. The highest BCUT2D eigenvalue weighted by Crippen LogP contribution is 2.50. The molecule has 0 aliphatic carbocycles. The number of aliphatic carboxylic acids is 1. The molecule has 7 heteroatoms. The SMILES string of the molecule is C=CC(C)C(C(C)(C)C)C1(C(=O)O)CC(O[Si](C)(C)C(C)(C)C)CN1C(=O)O. The monoisotopic (exact) mass is 413 g/mol. The van der Waals surface area contributed by atoms with Gasteiger partial charge in [0.2, 0.25) is 0 Å². The summed E-state index contributed by atoms with van der Waals surface area (Å²) >= 11 is 0. The average Bonchev–Trinajstić information content (AvgIpc) is 2.84. The third-order valence-electron chi connectivity index (χ3n) is 6.62. The number of hydrogen-bond acceptors (Lipinski definition) is 3. The Labute approximate surface area is 171 Å². The second kappa shape index (κ2) is 7.82. The Balaban J connectivity index is 3.52. The zero-order chi connectivity index (χ0) is 22.3. The summed E-state index contributed by atoms with van der Waals surface area (Å²) in [5, 5.41) is 20.2. The first-order chi connectivity index (χ1) is 12.4. The Morgan fingerprint density at radius 1 is 1.21 bits per heavy atom. The highest BCUT2D eigenvalue weighted by Gasteiger charge is 2.62. The van der Waals surface area contributed by atoms with E-state index < -0.39 is 43.4 Å². The Hall–Kier alpha value is -1.34. The maximum atomic E-state index is 12.7. The van der Waals surface area contributed by atoms with Crippen molar-refractivity contribution in [2.45, 2.75) is 84.7 Å². The van der Waals surface area contributed by atoms with Crippen molar-refractivity contribution in [2.24, 2.45) is 17.3 Å². The Kier molecular flexibility index (Phi) is 6.90. The molecule has 1 saturated heterocycles. The van der Waals surface area contributed by atoms with E-state index in [0.717, 1.165) is 4.90 Å². The Morgan fingerprint density at radius 3 is 2.04 bits per heavy atom. The molecule has 2 N–H and O–H groups in total. The van der Waals surface area contributed by atoms with Crippen LogP contribution in [0.4, 0.5) is 4.79 Å². The molecule has 4 unspecified atom stereocenters. The molecular formula is C21H39NO5Si. The molecule has 6 nitrogen and oxygen atoms in total. The van der Waals surface area contributed by atoms with Gasteiger partial charge < -0.3 is 14.6 Å². The topological polar surface area (TPSA) is 87.1 Å². The second-order valence-corrected chi connectivity index (χ2v) is 15.5. The molecule has 1 aliphatic rings. The average molecular weight is 414 g/mol. The van der Waals surface area contributed by atoms with Gasteiger partial charge >= 0.3 is 12.1 Å². The van der Waals surface area contributed by atoms with Crippen molar-refractivity contribution in [2.75, 3.05) is 6.54 Å². The summed E-state index contributed by atoms with van der Waals surface area (Å²) in [6.07, 6.45) is 0.230. The smallest absolute Gasteiger partial charge is 0.408 e. The third kappa shape index (κ3) is 4.45. The van der Waals surface area contributed by atoms with Crippen LogP contribution in [0.2, 0.25) is 18.1 Å². The minimum Gasteiger partial charge on any atom is -0.479 e. The van der Waals surface area contributed by atoms with Crippen LogP contribution in [-0.2, 0) is 9.22 Å². The van der Waals surface area contributed by atoms with Crippen LogP contribution in [0.15, 0.2) is 12.7 Å². The normalized spacial score (nSPS) is 26.0. The van der Waals surface area contributed by atoms with Crippen LogP contribution in [-0.4, -0.2) is 53.7 Å². The number of likely N-dealkylation sites (tertiary alicyclic amines) is 1. The van der Waals surface area contributed by atoms with E-state index >= 15 is 0 Å². The number of carboxylic acid groups (broad SMARTS) is 2. The molecule has 4 atom stereocenters. The first kappa shape index (κ1) is 24.7. The van der Waals surface area contributed by atoms with Crippen molar-refractivity contribution in [3.8, 4) is 0 Å². The number of amides is 1. The van der Waals surface area contributed by atoms with Gasteiger partial charge in [-0.05, 0) is 29.5 Å². The molecule has 0 bridgehead atoms. The van der Waals surface area contributed by atoms with E-state index in [-0.39, 0.29) is 23.9 Å². The number of carbonyl (C=O) groups is 2. The Morgan fingerprint density at radius 2 is 1.71 bits per heavy atom. The van der Waals surface area contributed by atoms with Gasteiger partial charge in [0.1, 0.15) is 5.54 Å². The molecule has 1 heterocycles. The molecular weight excluding hydrogens is 374 g/mol. The van der Waals surface area contributed by atoms with Crippen LogP contribution in [0, 0.1) is 17.3 Å². The van der Waals surface area contributed by atoms with E-state index in [0.29, 0.717) is 0 Å². The van der Waals surface area contributed by atoms with Crippen molar-refractivity contribution < 1.29 is 24.2 Å². The van der Waals surface area contributed by atoms with Crippen molar-refractivity contribution in [3.63, 3.8) is 0 Å².